The maximum absolute atomic E-state index is 11.8. The lowest BCUT2D eigenvalue weighted by Gasteiger charge is -2.25. The number of rotatable bonds is 15. The predicted molar refractivity (Wildman–Crippen MR) is 98.2 cm³/mol. The van der Waals surface area contributed by atoms with Gasteiger partial charge >= 0.3 is 5.97 Å². The highest BCUT2D eigenvalue weighted by molar-refractivity contribution is 5.75. The summed E-state index contributed by atoms with van der Waals surface area (Å²) >= 11 is 0. The molecule has 0 aromatic carbocycles. The number of hydrogen-bond donors (Lipinski definition) is 1. The Labute approximate surface area is 148 Å². The van der Waals surface area contributed by atoms with Gasteiger partial charge in [-0.15, -0.1) is 4.65 Å². The van der Waals surface area contributed by atoms with Crippen LogP contribution in [0.3, 0.4) is 0 Å². The Kier molecular flexibility index (Phi) is 13.6. The molecule has 0 unspecified atom stereocenters. The Morgan fingerprint density at radius 3 is 1.96 bits per heavy atom. The molecule has 0 aromatic rings. The van der Waals surface area contributed by atoms with Crippen molar-refractivity contribution in [1.29, 1.82) is 0 Å². The first-order valence-electron chi connectivity index (χ1n) is 9.67. The van der Waals surface area contributed by atoms with Crippen LogP contribution in [0, 0.1) is 0 Å². The monoisotopic (exact) mass is 343 g/mol. The normalized spacial score (nSPS) is 11.3. The van der Waals surface area contributed by atoms with Crippen LogP contribution in [-0.4, -0.2) is 43.7 Å². The summed E-state index contributed by atoms with van der Waals surface area (Å²) < 4.78 is 0.198. The molecule has 0 heterocycles. The van der Waals surface area contributed by atoms with Gasteiger partial charge < -0.3 is 5.32 Å². The second-order valence-electron chi connectivity index (χ2n) is 7.16. The molecule has 0 rings (SSSR count). The maximum atomic E-state index is 11.8. The van der Waals surface area contributed by atoms with Crippen LogP contribution in [0.25, 0.3) is 0 Å². The van der Waals surface area contributed by atoms with Crippen molar-refractivity contribution in [3.63, 3.8) is 0 Å². The van der Waals surface area contributed by atoms with E-state index in [0.717, 1.165) is 19.3 Å². The fourth-order valence-electron chi connectivity index (χ4n) is 2.77. The highest BCUT2D eigenvalue weighted by Crippen LogP contribution is 2.10. The van der Waals surface area contributed by atoms with E-state index in [1.54, 1.807) is 0 Å². The molecule has 0 atom stereocenters. The Bertz CT molecular complexity index is 344. The third-order valence-electron chi connectivity index (χ3n) is 4.08. The van der Waals surface area contributed by atoms with Gasteiger partial charge in [-0.25, -0.2) is 4.79 Å². The molecule has 0 saturated carbocycles. The van der Waals surface area contributed by atoms with Crippen LogP contribution in [0.5, 0.6) is 0 Å². The Morgan fingerprint density at radius 2 is 1.42 bits per heavy atom. The molecular weight excluding hydrogens is 304 g/mol. The van der Waals surface area contributed by atoms with Crippen LogP contribution < -0.4 is 5.32 Å². The third kappa shape index (κ3) is 15.8. The highest BCUT2D eigenvalue weighted by Gasteiger charge is 2.19. The number of hydroxylamine groups is 3. The Balaban J connectivity index is 3.43. The van der Waals surface area contributed by atoms with Gasteiger partial charge in [-0.1, -0.05) is 58.3 Å². The minimum atomic E-state index is -0.283. The maximum Gasteiger partial charge on any atom is 0.363 e. The Hall–Kier alpha value is -1.10. The molecule has 24 heavy (non-hydrogen) atoms. The molecule has 5 heteroatoms. The molecule has 0 aliphatic carbocycles. The molecule has 0 radical (unpaired) electrons. The van der Waals surface area contributed by atoms with Crippen molar-refractivity contribution < 1.29 is 19.1 Å². The van der Waals surface area contributed by atoms with Crippen LogP contribution in [0.1, 0.15) is 84.5 Å². The van der Waals surface area contributed by atoms with E-state index in [-0.39, 0.29) is 16.5 Å². The SMILES string of the molecule is CCCCCCCCCCCC(=O)NCCC[N+](C)(C)OC(C)=O. The number of amides is 1. The standard InChI is InChI=1S/C19H38N2O3/c1-5-6-7-8-9-10-11-12-13-15-19(23)20-16-14-17-21(3,4)24-18(2)22/h5-17H2,1-4H3/p+1. The lowest BCUT2D eigenvalue weighted by atomic mass is 10.1. The first-order chi connectivity index (χ1) is 11.4. The molecular formula is C19H39N2O3+. The highest BCUT2D eigenvalue weighted by atomic mass is 16.7. The van der Waals surface area contributed by atoms with Gasteiger partial charge in [-0.05, 0) is 6.42 Å². The quantitative estimate of drug-likeness (QED) is 0.278. The van der Waals surface area contributed by atoms with Gasteiger partial charge in [0.15, 0.2) is 0 Å². The summed E-state index contributed by atoms with van der Waals surface area (Å²) in [7, 11) is 3.68. The summed E-state index contributed by atoms with van der Waals surface area (Å²) in [6, 6.07) is 0. The zero-order valence-electron chi connectivity index (χ0n) is 16.4. The summed E-state index contributed by atoms with van der Waals surface area (Å²) in [5, 5.41) is 2.94. The van der Waals surface area contributed by atoms with Crippen molar-refractivity contribution in [2.75, 3.05) is 27.2 Å². The Morgan fingerprint density at radius 1 is 0.875 bits per heavy atom. The fraction of sp³-hybridized carbons (Fsp3) is 0.895. The molecule has 0 saturated heterocycles. The minimum Gasteiger partial charge on any atom is -0.356 e. The largest absolute Gasteiger partial charge is 0.363 e. The molecule has 142 valence electrons. The van der Waals surface area contributed by atoms with E-state index in [4.69, 9.17) is 4.84 Å². The van der Waals surface area contributed by atoms with E-state index in [1.807, 2.05) is 14.1 Å². The third-order valence-corrected chi connectivity index (χ3v) is 4.08. The van der Waals surface area contributed by atoms with E-state index in [9.17, 15) is 9.59 Å². The topological polar surface area (TPSA) is 55.4 Å². The predicted octanol–water partition coefficient (Wildman–Crippen LogP) is 3.97. The number of unbranched alkanes of at least 4 members (excludes halogenated alkanes) is 8. The molecule has 0 spiro atoms. The number of carbonyl (C=O) groups is 2. The van der Waals surface area contributed by atoms with Crippen LogP contribution in [0.15, 0.2) is 0 Å². The van der Waals surface area contributed by atoms with Gasteiger partial charge in [0.25, 0.3) is 0 Å². The average molecular weight is 344 g/mol. The lowest BCUT2D eigenvalue weighted by molar-refractivity contribution is -1.06. The average Bonchev–Trinajstić information content (AvgIpc) is 2.48. The summed E-state index contributed by atoms with van der Waals surface area (Å²) in [5.41, 5.74) is 0. The van der Waals surface area contributed by atoms with E-state index in [2.05, 4.69) is 12.2 Å². The van der Waals surface area contributed by atoms with Gasteiger partial charge in [0.1, 0.15) is 20.6 Å². The van der Waals surface area contributed by atoms with Gasteiger partial charge in [0.05, 0.1) is 0 Å². The van der Waals surface area contributed by atoms with Gasteiger partial charge in [-0.2, -0.15) is 0 Å². The minimum absolute atomic E-state index is 0.135. The van der Waals surface area contributed by atoms with Crippen molar-refractivity contribution >= 4 is 11.9 Å². The first-order valence-corrected chi connectivity index (χ1v) is 9.67. The van der Waals surface area contributed by atoms with Crippen molar-refractivity contribution in [1.82, 2.24) is 5.32 Å². The molecule has 1 N–H and O–H groups in total. The molecule has 5 nitrogen and oxygen atoms in total. The van der Waals surface area contributed by atoms with Crippen molar-refractivity contribution in [3.8, 4) is 0 Å². The van der Waals surface area contributed by atoms with Crippen LogP contribution in [0.4, 0.5) is 0 Å². The van der Waals surface area contributed by atoms with Crippen molar-refractivity contribution in [2.24, 2.45) is 0 Å². The molecule has 0 bridgehead atoms. The van der Waals surface area contributed by atoms with Gasteiger partial charge in [-0.3, -0.25) is 9.63 Å². The molecule has 0 aromatic heterocycles. The smallest absolute Gasteiger partial charge is 0.356 e. The number of nitrogens with one attached hydrogen (secondary N) is 1. The molecule has 1 amide bonds. The van der Waals surface area contributed by atoms with E-state index < -0.39 is 0 Å². The first kappa shape index (κ1) is 22.9. The van der Waals surface area contributed by atoms with Crippen molar-refractivity contribution in [2.45, 2.75) is 84.5 Å². The molecule has 0 aliphatic rings. The van der Waals surface area contributed by atoms with E-state index in [1.165, 1.54) is 51.9 Å². The summed E-state index contributed by atoms with van der Waals surface area (Å²) in [6.07, 6.45) is 12.8. The zero-order chi connectivity index (χ0) is 18.3. The second kappa shape index (κ2) is 14.3. The van der Waals surface area contributed by atoms with Crippen LogP contribution in [-0.2, 0) is 14.4 Å². The summed E-state index contributed by atoms with van der Waals surface area (Å²) in [6.45, 7) is 4.98. The second-order valence-corrected chi connectivity index (χ2v) is 7.16. The molecule has 0 aliphatic heterocycles. The summed E-state index contributed by atoms with van der Waals surface area (Å²) in [5.74, 6) is -0.148. The number of hydrogen-bond acceptors (Lipinski definition) is 3. The van der Waals surface area contributed by atoms with Crippen LogP contribution in [0.2, 0.25) is 0 Å². The van der Waals surface area contributed by atoms with Gasteiger partial charge in [0, 0.05) is 26.3 Å². The zero-order valence-corrected chi connectivity index (χ0v) is 16.4. The number of carbonyl (C=O) groups excluding carboxylic acids is 2. The number of nitrogens with zero attached hydrogens (tertiary/aromatic N) is 1. The molecule has 0 fully saturated rings. The van der Waals surface area contributed by atoms with Crippen molar-refractivity contribution in [3.05, 3.63) is 0 Å². The lowest BCUT2D eigenvalue weighted by Crippen LogP contribution is -2.43. The fourth-order valence-corrected chi connectivity index (χ4v) is 2.77. The van der Waals surface area contributed by atoms with Crippen LogP contribution >= 0.6 is 0 Å². The van der Waals surface area contributed by atoms with E-state index >= 15 is 0 Å². The summed E-state index contributed by atoms with van der Waals surface area (Å²) in [4.78, 5) is 27.9. The van der Waals surface area contributed by atoms with Gasteiger partial charge in [0.2, 0.25) is 5.91 Å². The number of quaternary nitrogens is 1. The van der Waals surface area contributed by atoms with E-state index in [0.29, 0.717) is 19.5 Å².